The van der Waals surface area contributed by atoms with Gasteiger partial charge < -0.3 is 5.34 Å². The fraction of sp³-hybridized carbons (Fsp3) is 1.00. The second-order valence-corrected chi connectivity index (χ2v) is 3.91. The van der Waals surface area contributed by atoms with Crippen LogP contribution in [0.15, 0.2) is 0 Å². The normalized spacial score (nSPS) is 12.5. The number of rotatable bonds is 5. The van der Waals surface area contributed by atoms with Crippen molar-refractivity contribution >= 4 is 6.28 Å². The fourth-order valence-corrected chi connectivity index (χ4v) is 1.81. The van der Waals surface area contributed by atoms with Gasteiger partial charge in [-0.1, -0.05) is 20.8 Å². The Morgan fingerprint density at radius 1 is 1.00 bits per heavy atom. The maximum absolute atomic E-state index is 2.42. The van der Waals surface area contributed by atoms with Crippen molar-refractivity contribution in [3.8, 4) is 0 Å². The molecule has 0 heterocycles. The lowest BCUT2D eigenvalue weighted by atomic mass is 9.31. The van der Waals surface area contributed by atoms with Crippen LogP contribution in [0.2, 0.25) is 19.0 Å². The van der Waals surface area contributed by atoms with Gasteiger partial charge in [0.05, 0.1) is 0 Å². The van der Waals surface area contributed by atoms with Gasteiger partial charge in [-0.25, -0.2) is 5.01 Å². The summed E-state index contributed by atoms with van der Waals surface area (Å²) < 4.78 is 0. The molecule has 0 radical (unpaired) electrons. The number of hydrogen-bond acceptors (Lipinski definition) is 1. The lowest BCUT2D eigenvalue weighted by molar-refractivity contribution is -0.694. The van der Waals surface area contributed by atoms with Crippen molar-refractivity contribution in [2.75, 3.05) is 14.1 Å². The minimum Gasteiger partial charge on any atom is -0.452 e. The number of quaternary nitrogens is 1. The van der Waals surface area contributed by atoms with Crippen LogP contribution in [0.25, 0.3) is 0 Å². The first-order valence-electron chi connectivity index (χ1n) is 4.83. The summed E-state index contributed by atoms with van der Waals surface area (Å²) >= 11 is 0. The van der Waals surface area contributed by atoms with Crippen molar-refractivity contribution in [3.05, 3.63) is 0 Å². The molecule has 68 valence electrons. The highest BCUT2D eigenvalue weighted by molar-refractivity contribution is 6.70. The summed E-state index contributed by atoms with van der Waals surface area (Å²) in [4.78, 5) is 0. The Morgan fingerprint density at radius 3 is 1.45 bits per heavy atom. The molecule has 2 N–H and O–H groups in total. The van der Waals surface area contributed by atoms with Gasteiger partial charge in [-0.15, -0.1) is 19.0 Å². The molecule has 0 unspecified atom stereocenters. The van der Waals surface area contributed by atoms with E-state index < -0.39 is 0 Å². The zero-order chi connectivity index (χ0) is 8.91. The van der Waals surface area contributed by atoms with Gasteiger partial charge in [0.15, 0.2) is 0 Å². The van der Waals surface area contributed by atoms with Crippen LogP contribution in [0.5, 0.6) is 0 Å². The van der Waals surface area contributed by atoms with E-state index in [9.17, 15) is 0 Å². The lowest BCUT2D eigenvalue weighted by Gasteiger charge is -2.35. The van der Waals surface area contributed by atoms with Crippen LogP contribution in [-0.4, -0.2) is 25.4 Å². The summed E-state index contributed by atoms with van der Waals surface area (Å²) in [5.41, 5.74) is 0. The first-order valence-corrected chi connectivity index (χ1v) is 4.83. The van der Waals surface area contributed by atoms with E-state index in [0.29, 0.717) is 0 Å². The predicted molar refractivity (Wildman–Crippen MR) is 52.8 cm³/mol. The second kappa shape index (κ2) is 4.78. The summed E-state index contributed by atoms with van der Waals surface area (Å²) in [6, 6.07) is 0. The zero-order valence-electron chi connectivity index (χ0n) is 8.72. The van der Waals surface area contributed by atoms with Gasteiger partial charge in [-0.2, -0.15) is 0 Å². The molecule has 0 aliphatic rings. The van der Waals surface area contributed by atoms with Gasteiger partial charge in [0.2, 0.25) is 6.28 Å². The van der Waals surface area contributed by atoms with Gasteiger partial charge >= 0.3 is 0 Å². The first kappa shape index (κ1) is 11.0. The molecule has 0 spiro atoms. The molecule has 11 heavy (non-hydrogen) atoms. The summed E-state index contributed by atoms with van der Waals surface area (Å²) in [7, 11) is 4.24. The molecule has 0 rings (SSSR count). The smallest absolute Gasteiger partial charge is 0.223 e. The largest absolute Gasteiger partial charge is 0.452 e. The van der Waals surface area contributed by atoms with Gasteiger partial charge in [0, 0.05) is 14.1 Å². The van der Waals surface area contributed by atoms with Crippen molar-refractivity contribution in [2.45, 2.75) is 39.7 Å². The molecule has 0 aromatic carbocycles. The zero-order valence-corrected chi connectivity index (χ0v) is 8.72. The summed E-state index contributed by atoms with van der Waals surface area (Å²) in [6.07, 6.45) is 3.74. The molecule has 0 saturated heterocycles. The van der Waals surface area contributed by atoms with Crippen LogP contribution >= 0.6 is 0 Å². The minimum atomic E-state index is -0.194. The molecule has 0 atom stereocenters. The van der Waals surface area contributed by atoms with Crippen LogP contribution in [0.4, 0.5) is 0 Å². The summed E-state index contributed by atoms with van der Waals surface area (Å²) in [5.74, 6) is 0. The summed E-state index contributed by atoms with van der Waals surface area (Å²) in [5, 5.41) is 4.62. The molecule has 0 aromatic heterocycles. The lowest BCUT2D eigenvalue weighted by Crippen LogP contribution is -3.05. The van der Waals surface area contributed by atoms with E-state index in [4.69, 9.17) is 0 Å². The molecule has 0 aliphatic carbocycles. The molecular weight excluding hydrogens is 135 g/mol. The average Bonchev–Trinajstić information content (AvgIpc) is 2.00. The van der Waals surface area contributed by atoms with Gasteiger partial charge in [-0.05, 0) is 0 Å². The third kappa shape index (κ3) is 3.26. The maximum atomic E-state index is 2.42. The van der Waals surface area contributed by atoms with Crippen LogP contribution in [0.1, 0.15) is 20.8 Å². The van der Waals surface area contributed by atoms with E-state index >= 15 is 0 Å². The number of nitrogens with two attached hydrogens (primary N) is 1. The molecule has 3 heteroatoms. The molecule has 0 fully saturated rings. The standard InChI is InChI=1S/C8H23BN2/c1-6-9(7-2,8-3)10-11(4)5/h6-8,10H2,1-5H3. The molecule has 2 nitrogen and oxygen atoms in total. The van der Waals surface area contributed by atoms with Crippen molar-refractivity contribution in [1.82, 2.24) is 5.01 Å². The fourth-order valence-electron chi connectivity index (χ4n) is 1.81. The van der Waals surface area contributed by atoms with E-state index in [1.807, 2.05) is 0 Å². The Labute approximate surface area is 71.3 Å². The maximum Gasteiger partial charge on any atom is 0.223 e. The van der Waals surface area contributed by atoms with Crippen molar-refractivity contribution in [3.63, 3.8) is 0 Å². The third-order valence-electron chi connectivity index (χ3n) is 3.05. The highest BCUT2D eigenvalue weighted by Gasteiger charge is 2.25. The van der Waals surface area contributed by atoms with Gasteiger partial charge in [0.1, 0.15) is 0 Å². The highest BCUT2D eigenvalue weighted by Crippen LogP contribution is 2.10. The van der Waals surface area contributed by atoms with Crippen LogP contribution < -0.4 is 5.34 Å². The number of nitrogens with zero attached hydrogens (tertiary/aromatic N) is 1. The van der Waals surface area contributed by atoms with E-state index in [1.165, 1.54) is 19.0 Å². The minimum absolute atomic E-state index is 0.194. The molecule has 0 aliphatic heterocycles. The van der Waals surface area contributed by atoms with E-state index in [1.54, 1.807) is 0 Å². The number of hydrogen-bond donors (Lipinski definition) is 1. The Balaban J connectivity index is 4.05. The topological polar surface area (TPSA) is 19.9 Å². The summed E-state index contributed by atoms with van der Waals surface area (Å²) in [6.45, 7) is 6.90. The van der Waals surface area contributed by atoms with E-state index in [0.717, 1.165) is 0 Å². The van der Waals surface area contributed by atoms with Crippen LogP contribution in [0.3, 0.4) is 0 Å². The van der Waals surface area contributed by atoms with Crippen molar-refractivity contribution in [1.29, 1.82) is 0 Å². The highest BCUT2D eigenvalue weighted by atomic mass is 15.4. The monoisotopic (exact) mass is 158 g/mol. The first-order chi connectivity index (χ1) is 5.10. The molecule has 0 bridgehead atoms. The van der Waals surface area contributed by atoms with Gasteiger partial charge in [0.25, 0.3) is 0 Å². The molecular formula is C8H23BN2. The van der Waals surface area contributed by atoms with Crippen molar-refractivity contribution in [2.24, 2.45) is 0 Å². The Bertz CT molecular complexity index is 92.0. The Morgan fingerprint density at radius 2 is 1.36 bits per heavy atom. The average molecular weight is 158 g/mol. The van der Waals surface area contributed by atoms with E-state index in [2.05, 4.69) is 45.2 Å². The van der Waals surface area contributed by atoms with Gasteiger partial charge in [-0.3, -0.25) is 0 Å². The Hall–Kier alpha value is -0.0151. The molecule has 0 aromatic rings. The molecule has 0 amide bonds. The second-order valence-electron chi connectivity index (χ2n) is 3.91. The Kier molecular flexibility index (Phi) is 4.77. The van der Waals surface area contributed by atoms with E-state index in [-0.39, 0.29) is 6.28 Å². The SMILES string of the molecule is CC[B-](CC)(CC)[NH2+]N(C)C. The van der Waals surface area contributed by atoms with Crippen LogP contribution in [-0.2, 0) is 0 Å². The quantitative estimate of drug-likeness (QED) is 0.360. The van der Waals surface area contributed by atoms with Crippen molar-refractivity contribution < 1.29 is 5.34 Å². The predicted octanol–water partition coefficient (Wildman–Crippen LogP) is 1.03. The van der Waals surface area contributed by atoms with Crippen LogP contribution in [0, 0.1) is 0 Å². The molecule has 0 saturated carbocycles. The third-order valence-corrected chi connectivity index (χ3v) is 3.05.